The Morgan fingerprint density at radius 2 is 1.95 bits per heavy atom. The first-order valence-electron chi connectivity index (χ1n) is 7.74. The van der Waals surface area contributed by atoms with Gasteiger partial charge in [-0.3, -0.25) is 9.69 Å². The standard InChI is InChI=1S/C17H29N3O/c1-5-20(6-2)13-14-8-7-9-15(12-14)19-16(21)10-11-17(3,4)18/h7-9,12H,5-6,10-11,13,18H2,1-4H3,(H,19,21). The fraction of sp³-hybridized carbons (Fsp3) is 0.588. The maximum absolute atomic E-state index is 11.9. The Kier molecular flexibility index (Phi) is 6.85. The molecule has 1 aromatic rings. The van der Waals surface area contributed by atoms with E-state index in [1.54, 1.807) is 0 Å². The lowest BCUT2D eigenvalue weighted by atomic mass is 10.00. The van der Waals surface area contributed by atoms with Crippen LogP contribution in [-0.2, 0) is 11.3 Å². The van der Waals surface area contributed by atoms with Crippen molar-refractivity contribution in [2.75, 3.05) is 18.4 Å². The minimum atomic E-state index is -0.304. The summed E-state index contributed by atoms with van der Waals surface area (Å²) < 4.78 is 0. The van der Waals surface area contributed by atoms with Crippen LogP contribution in [0, 0.1) is 0 Å². The third kappa shape index (κ3) is 7.25. The zero-order valence-electron chi connectivity index (χ0n) is 13.8. The van der Waals surface area contributed by atoms with Gasteiger partial charge in [-0.2, -0.15) is 0 Å². The van der Waals surface area contributed by atoms with Gasteiger partial charge in [-0.15, -0.1) is 0 Å². The topological polar surface area (TPSA) is 58.4 Å². The largest absolute Gasteiger partial charge is 0.326 e. The molecule has 0 bridgehead atoms. The fourth-order valence-corrected chi connectivity index (χ4v) is 2.11. The van der Waals surface area contributed by atoms with Crippen molar-refractivity contribution >= 4 is 11.6 Å². The minimum absolute atomic E-state index is 0.0218. The van der Waals surface area contributed by atoms with Crippen molar-refractivity contribution in [3.05, 3.63) is 29.8 Å². The molecule has 4 heteroatoms. The van der Waals surface area contributed by atoms with Crippen LogP contribution < -0.4 is 11.1 Å². The molecule has 3 N–H and O–H groups in total. The molecule has 0 aliphatic heterocycles. The van der Waals surface area contributed by atoms with E-state index < -0.39 is 0 Å². The Hall–Kier alpha value is -1.39. The van der Waals surface area contributed by atoms with Crippen LogP contribution in [0.1, 0.15) is 46.1 Å². The summed E-state index contributed by atoms with van der Waals surface area (Å²) in [5.41, 5.74) is 7.68. The van der Waals surface area contributed by atoms with Gasteiger partial charge in [0.1, 0.15) is 0 Å². The maximum Gasteiger partial charge on any atom is 0.224 e. The highest BCUT2D eigenvalue weighted by atomic mass is 16.1. The Morgan fingerprint density at radius 3 is 2.52 bits per heavy atom. The summed E-state index contributed by atoms with van der Waals surface area (Å²) in [7, 11) is 0. The van der Waals surface area contributed by atoms with Crippen LogP contribution in [-0.4, -0.2) is 29.4 Å². The third-order valence-electron chi connectivity index (χ3n) is 3.51. The molecule has 0 aliphatic rings. The summed E-state index contributed by atoms with van der Waals surface area (Å²) in [5, 5.41) is 2.95. The molecule has 0 spiro atoms. The second-order valence-electron chi connectivity index (χ2n) is 6.20. The van der Waals surface area contributed by atoms with Gasteiger partial charge >= 0.3 is 0 Å². The lowest BCUT2D eigenvalue weighted by Gasteiger charge is -2.19. The molecule has 1 rings (SSSR count). The van der Waals surface area contributed by atoms with Crippen LogP contribution in [0.5, 0.6) is 0 Å². The number of carbonyl (C=O) groups is 1. The Balaban J connectivity index is 2.58. The lowest BCUT2D eigenvalue weighted by Crippen LogP contribution is -2.33. The molecule has 0 atom stereocenters. The van der Waals surface area contributed by atoms with Gasteiger partial charge in [0.2, 0.25) is 5.91 Å². The van der Waals surface area contributed by atoms with E-state index in [9.17, 15) is 4.79 Å². The molecular weight excluding hydrogens is 262 g/mol. The molecule has 0 aliphatic carbocycles. The van der Waals surface area contributed by atoms with E-state index in [1.165, 1.54) is 5.56 Å². The second-order valence-corrected chi connectivity index (χ2v) is 6.20. The first-order chi connectivity index (χ1) is 9.84. The second kappa shape index (κ2) is 8.15. The minimum Gasteiger partial charge on any atom is -0.326 e. The Bertz CT molecular complexity index is 448. The summed E-state index contributed by atoms with van der Waals surface area (Å²) in [6.45, 7) is 11.1. The third-order valence-corrected chi connectivity index (χ3v) is 3.51. The van der Waals surface area contributed by atoms with E-state index in [-0.39, 0.29) is 11.4 Å². The first kappa shape index (κ1) is 17.7. The molecule has 0 fully saturated rings. The fourth-order valence-electron chi connectivity index (χ4n) is 2.11. The number of benzene rings is 1. The van der Waals surface area contributed by atoms with E-state index >= 15 is 0 Å². The van der Waals surface area contributed by atoms with Gasteiger partial charge in [-0.05, 0) is 51.1 Å². The number of amides is 1. The average Bonchev–Trinajstić information content (AvgIpc) is 2.42. The van der Waals surface area contributed by atoms with Gasteiger partial charge in [-0.1, -0.05) is 26.0 Å². The van der Waals surface area contributed by atoms with Crippen LogP contribution in [0.2, 0.25) is 0 Å². The highest BCUT2D eigenvalue weighted by Gasteiger charge is 2.13. The number of hydrogen-bond acceptors (Lipinski definition) is 3. The maximum atomic E-state index is 11.9. The van der Waals surface area contributed by atoms with Crippen molar-refractivity contribution in [2.45, 2.75) is 52.6 Å². The average molecular weight is 291 g/mol. The molecule has 0 heterocycles. The van der Waals surface area contributed by atoms with Gasteiger partial charge in [0, 0.05) is 24.2 Å². The van der Waals surface area contributed by atoms with Gasteiger partial charge in [0.25, 0.3) is 0 Å². The Morgan fingerprint density at radius 1 is 1.29 bits per heavy atom. The molecular formula is C17H29N3O. The molecule has 21 heavy (non-hydrogen) atoms. The van der Waals surface area contributed by atoms with Crippen molar-refractivity contribution in [3.8, 4) is 0 Å². The van der Waals surface area contributed by atoms with Crippen LogP contribution in [0.3, 0.4) is 0 Å². The van der Waals surface area contributed by atoms with Crippen molar-refractivity contribution in [1.29, 1.82) is 0 Å². The van der Waals surface area contributed by atoms with Crippen molar-refractivity contribution < 1.29 is 4.79 Å². The normalized spacial score (nSPS) is 11.7. The van der Waals surface area contributed by atoms with Crippen LogP contribution in [0.25, 0.3) is 0 Å². The number of nitrogens with two attached hydrogens (primary N) is 1. The van der Waals surface area contributed by atoms with Gasteiger partial charge in [0.15, 0.2) is 0 Å². The molecule has 4 nitrogen and oxygen atoms in total. The highest BCUT2D eigenvalue weighted by molar-refractivity contribution is 5.90. The number of rotatable bonds is 8. The smallest absolute Gasteiger partial charge is 0.224 e. The summed E-state index contributed by atoms with van der Waals surface area (Å²) in [5.74, 6) is 0.0218. The van der Waals surface area contributed by atoms with Crippen molar-refractivity contribution in [1.82, 2.24) is 4.90 Å². The van der Waals surface area contributed by atoms with E-state index in [1.807, 2.05) is 32.0 Å². The highest BCUT2D eigenvalue weighted by Crippen LogP contribution is 2.14. The summed E-state index contributed by atoms with van der Waals surface area (Å²) in [4.78, 5) is 14.3. The quantitative estimate of drug-likeness (QED) is 0.774. The predicted molar refractivity (Wildman–Crippen MR) is 89.2 cm³/mol. The SMILES string of the molecule is CCN(CC)Cc1cccc(NC(=O)CCC(C)(C)N)c1. The van der Waals surface area contributed by atoms with E-state index in [0.717, 1.165) is 25.3 Å². The van der Waals surface area contributed by atoms with Crippen LogP contribution in [0.4, 0.5) is 5.69 Å². The lowest BCUT2D eigenvalue weighted by molar-refractivity contribution is -0.116. The van der Waals surface area contributed by atoms with Crippen LogP contribution in [0.15, 0.2) is 24.3 Å². The predicted octanol–water partition coefficient (Wildman–Crippen LogP) is 2.98. The van der Waals surface area contributed by atoms with Crippen molar-refractivity contribution in [3.63, 3.8) is 0 Å². The van der Waals surface area contributed by atoms with Gasteiger partial charge in [-0.25, -0.2) is 0 Å². The number of anilines is 1. The number of carbonyl (C=O) groups excluding carboxylic acids is 1. The summed E-state index contributed by atoms with van der Waals surface area (Å²) in [6, 6.07) is 8.05. The number of nitrogens with one attached hydrogen (secondary N) is 1. The van der Waals surface area contributed by atoms with Crippen LogP contribution >= 0.6 is 0 Å². The number of hydrogen-bond donors (Lipinski definition) is 2. The molecule has 0 saturated carbocycles. The molecule has 0 saturated heterocycles. The zero-order chi connectivity index (χ0) is 15.9. The molecule has 118 valence electrons. The summed E-state index contributed by atoms with van der Waals surface area (Å²) >= 11 is 0. The van der Waals surface area contributed by atoms with E-state index in [0.29, 0.717) is 12.8 Å². The Labute approximate surface area is 128 Å². The van der Waals surface area contributed by atoms with Gasteiger partial charge < -0.3 is 11.1 Å². The molecule has 0 unspecified atom stereocenters. The van der Waals surface area contributed by atoms with E-state index in [2.05, 4.69) is 30.1 Å². The molecule has 1 amide bonds. The molecule has 0 radical (unpaired) electrons. The zero-order valence-corrected chi connectivity index (χ0v) is 13.8. The number of nitrogens with zero attached hydrogens (tertiary/aromatic N) is 1. The first-order valence-corrected chi connectivity index (χ1v) is 7.74. The van der Waals surface area contributed by atoms with Gasteiger partial charge in [0.05, 0.1) is 0 Å². The summed E-state index contributed by atoms with van der Waals surface area (Å²) in [6.07, 6.45) is 1.13. The van der Waals surface area contributed by atoms with Crippen molar-refractivity contribution in [2.24, 2.45) is 5.73 Å². The monoisotopic (exact) mass is 291 g/mol. The van der Waals surface area contributed by atoms with E-state index in [4.69, 9.17) is 5.73 Å². The molecule has 1 aromatic carbocycles. The molecule has 0 aromatic heterocycles.